The number of aliphatic imine (C=N–C) groups is 1. The number of pyridine rings is 1. The van der Waals surface area contributed by atoms with E-state index in [1.807, 2.05) is 12.3 Å². The molecule has 1 aromatic heterocycles. The number of carbonyl (C=O) groups excluding carboxylic acids is 1. The molecule has 1 aromatic rings. The molecule has 0 bridgehead atoms. The van der Waals surface area contributed by atoms with Crippen molar-refractivity contribution >= 4 is 22.8 Å². The molecule has 0 N–H and O–H groups in total. The van der Waals surface area contributed by atoms with Gasteiger partial charge in [-0.3, -0.25) is 9.78 Å². The number of amides is 1. The van der Waals surface area contributed by atoms with Crippen LogP contribution in [0.5, 0.6) is 0 Å². The molecule has 1 fully saturated rings. The van der Waals surface area contributed by atoms with Gasteiger partial charge < -0.3 is 9.64 Å². The number of likely N-dealkylation sites (tertiary alicyclic amines) is 1. The lowest BCUT2D eigenvalue weighted by Crippen LogP contribution is -2.44. The molecule has 0 saturated carbocycles. The third kappa shape index (κ3) is 1.86. The van der Waals surface area contributed by atoms with E-state index in [2.05, 4.69) is 20.9 Å². The lowest BCUT2D eigenvalue weighted by Gasteiger charge is -2.39. The Morgan fingerprint density at radius 3 is 2.95 bits per heavy atom. The molecule has 3 aliphatic rings. The average Bonchev–Trinajstić information content (AvgIpc) is 3.06. The van der Waals surface area contributed by atoms with Crippen molar-refractivity contribution in [1.29, 1.82) is 0 Å². The molecule has 104 valence electrons. The summed E-state index contributed by atoms with van der Waals surface area (Å²) in [4.78, 5) is 21.9. The van der Waals surface area contributed by atoms with Gasteiger partial charge in [0.25, 0.3) is 5.91 Å². The fourth-order valence-corrected chi connectivity index (χ4v) is 4.03. The first-order valence-corrected chi connectivity index (χ1v) is 7.83. The molecular formula is C14H15N3O2S. The maximum Gasteiger partial charge on any atom is 0.258 e. The SMILES string of the molecule is O=C1CSC(N2CCC3(CC2)OCc2ncccc23)=N1. The van der Waals surface area contributed by atoms with E-state index in [0.29, 0.717) is 12.4 Å². The van der Waals surface area contributed by atoms with Gasteiger partial charge in [0, 0.05) is 24.8 Å². The molecule has 0 atom stereocenters. The average molecular weight is 289 g/mol. The summed E-state index contributed by atoms with van der Waals surface area (Å²) in [6, 6.07) is 4.12. The van der Waals surface area contributed by atoms with Crippen molar-refractivity contribution in [2.75, 3.05) is 18.8 Å². The Labute approximate surface area is 121 Å². The first kappa shape index (κ1) is 12.3. The van der Waals surface area contributed by atoms with Gasteiger partial charge in [0.1, 0.15) is 0 Å². The molecule has 5 nitrogen and oxygen atoms in total. The minimum atomic E-state index is -0.173. The van der Waals surface area contributed by atoms with Crippen LogP contribution in [-0.4, -0.2) is 39.8 Å². The Morgan fingerprint density at radius 2 is 2.20 bits per heavy atom. The molecule has 6 heteroatoms. The molecule has 0 unspecified atom stereocenters. The van der Waals surface area contributed by atoms with E-state index in [9.17, 15) is 4.79 Å². The van der Waals surface area contributed by atoms with Crippen molar-refractivity contribution < 1.29 is 9.53 Å². The number of aromatic nitrogens is 1. The number of thioether (sulfide) groups is 1. The highest BCUT2D eigenvalue weighted by molar-refractivity contribution is 8.14. The zero-order valence-electron chi connectivity index (χ0n) is 11.0. The number of rotatable bonds is 0. The summed E-state index contributed by atoms with van der Waals surface area (Å²) < 4.78 is 6.08. The van der Waals surface area contributed by atoms with Crippen molar-refractivity contribution in [3.8, 4) is 0 Å². The quantitative estimate of drug-likeness (QED) is 0.725. The van der Waals surface area contributed by atoms with Gasteiger partial charge in [-0.05, 0) is 18.9 Å². The van der Waals surface area contributed by atoms with Crippen molar-refractivity contribution in [2.24, 2.45) is 4.99 Å². The Hall–Kier alpha value is -1.40. The number of ether oxygens (including phenoxy) is 1. The summed E-state index contributed by atoms with van der Waals surface area (Å²) in [5.41, 5.74) is 2.15. The minimum Gasteiger partial charge on any atom is -0.364 e. The first-order valence-electron chi connectivity index (χ1n) is 6.84. The summed E-state index contributed by atoms with van der Waals surface area (Å²) in [7, 11) is 0. The van der Waals surface area contributed by atoms with Crippen LogP contribution in [0.25, 0.3) is 0 Å². The Kier molecular flexibility index (Phi) is 2.82. The lowest BCUT2D eigenvalue weighted by molar-refractivity contribution is -0.115. The van der Waals surface area contributed by atoms with Gasteiger partial charge >= 0.3 is 0 Å². The zero-order chi connectivity index (χ0) is 13.6. The minimum absolute atomic E-state index is 0.0167. The van der Waals surface area contributed by atoms with Gasteiger partial charge in [0.2, 0.25) is 0 Å². The largest absolute Gasteiger partial charge is 0.364 e. The topological polar surface area (TPSA) is 54.8 Å². The van der Waals surface area contributed by atoms with Gasteiger partial charge in [-0.25, -0.2) is 0 Å². The third-order valence-electron chi connectivity index (χ3n) is 4.25. The lowest BCUT2D eigenvalue weighted by atomic mass is 9.85. The van der Waals surface area contributed by atoms with Crippen LogP contribution in [0.2, 0.25) is 0 Å². The number of amidine groups is 1. The summed E-state index contributed by atoms with van der Waals surface area (Å²) in [5, 5.41) is 0.884. The number of piperidine rings is 1. The monoisotopic (exact) mass is 289 g/mol. The van der Waals surface area contributed by atoms with E-state index in [1.54, 1.807) is 11.8 Å². The second-order valence-electron chi connectivity index (χ2n) is 5.34. The predicted octanol–water partition coefficient (Wildman–Crippen LogP) is 1.53. The van der Waals surface area contributed by atoms with Gasteiger partial charge in [-0.1, -0.05) is 17.8 Å². The summed E-state index contributed by atoms with van der Waals surface area (Å²) >= 11 is 1.55. The molecule has 4 heterocycles. The van der Waals surface area contributed by atoms with Gasteiger partial charge in [0.05, 0.1) is 23.7 Å². The van der Waals surface area contributed by atoms with E-state index in [1.165, 1.54) is 5.56 Å². The third-order valence-corrected chi connectivity index (χ3v) is 5.25. The molecule has 1 saturated heterocycles. The molecule has 0 aromatic carbocycles. The van der Waals surface area contributed by atoms with Crippen LogP contribution in [0.3, 0.4) is 0 Å². The zero-order valence-corrected chi connectivity index (χ0v) is 11.9. The highest BCUT2D eigenvalue weighted by Crippen LogP contribution is 2.43. The van der Waals surface area contributed by atoms with Crippen molar-refractivity contribution in [1.82, 2.24) is 9.88 Å². The highest BCUT2D eigenvalue weighted by atomic mass is 32.2. The second kappa shape index (κ2) is 4.56. The number of fused-ring (bicyclic) bond motifs is 2. The van der Waals surface area contributed by atoms with Gasteiger partial charge in [0.15, 0.2) is 5.17 Å². The van der Waals surface area contributed by atoms with Crippen LogP contribution in [-0.2, 0) is 21.7 Å². The van der Waals surface area contributed by atoms with Gasteiger partial charge in [-0.2, -0.15) is 4.99 Å². The first-order chi connectivity index (χ1) is 9.77. The van der Waals surface area contributed by atoms with Crippen molar-refractivity contribution in [3.05, 3.63) is 29.6 Å². The molecule has 3 aliphatic heterocycles. The normalized spacial score (nSPS) is 24.1. The van der Waals surface area contributed by atoms with Crippen molar-refractivity contribution in [2.45, 2.75) is 25.0 Å². The van der Waals surface area contributed by atoms with Crippen LogP contribution in [0.4, 0.5) is 0 Å². The standard InChI is InChI=1S/C14H15N3O2S/c18-12-9-20-13(16-12)17-6-3-14(4-7-17)10-2-1-5-15-11(10)8-19-14/h1-2,5H,3-4,6-9H2. The molecule has 1 spiro atoms. The summed E-state index contributed by atoms with van der Waals surface area (Å²) in [6.07, 6.45) is 3.69. The fraction of sp³-hybridized carbons (Fsp3) is 0.500. The van der Waals surface area contributed by atoms with Crippen LogP contribution >= 0.6 is 11.8 Å². The number of nitrogens with zero attached hydrogens (tertiary/aromatic N) is 3. The number of carbonyl (C=O) groups is 1. The van der Waals surface area contributed by atoms with E-state index in [0.717, 1.165) is 36.8 Å². The smallest absolute Gasteiger partial charge is 0.258 e. The molecule has 0 radical (unpaired) electrons. The maximum absolute atomic E-state index is 11.2. The molecule has 0 aliphatic carbocycles. The Bertz CT molecular complexity index is 594. The van der Waals surface area contributed by atoms with E-state index in [-0.39, 0.29) is 11.5 Å². The van der Waals surface area contributed by atoms with E-state index < -0.39 is 0 Å². The van der Waals surface area contributed by atoms with Crippen LogP contribution in [0.1, 0.15) is 24.1 Å². The summed E-state index contributed by atoms with van der Waals surface area (Å²) in [6.45, 7) is 2.38. The van der Waals surface area contributed by atoms with Crippen LogP contribution < -0.4 is 0 Å². The summed E-state index contributed by atoms with van der Waals surface area (Å²) in [5.74, 6) is 0.470. The predicted molar refractivity (Wildman–Crippen MR) is 76.4 cm³/mol. The molecular weight excluding hydrogens is 274 g/mol. The van der Waals surface area contributed by atoms with Crippen LogP contribution in [0, 0.1) is 0 Å². The maximum atomic E-state index is 11.2. The Morgan fingerprint density at radius 1 is 1.35 bits per heavy atom. The van der Waals surface area contributed by atoms with E-state index >= 15 is 0 Å². The van der Waals surface area contributed by atoms with E-state index in [4.69, 9.17) is 4.74 Å². The number of hydrogen-bond acceptors (Lipinski definition) is 5. The van der Waals surface area contributed by atoms with Crippen molar-refractivity contribution in [3.63, 3.8) is 0 Å². The molecule has 4 rings (SSSR count). The molecule has 1 amide bonds. The second-order valence-corrected chi connectivity index (χ2v) is 6.29. The highest BCUT2D eigenvalue weighted by Gasteiger charge is 2.43. The van der Waals surface area contributed by atoms with Gasteiger partial charge in [-0.15, -0.1) is 0 Å². The number of hydrogen-bond donors (Lipinski definition) is 0. The fourth-order valence-electron chi connectivity index (χ4n) is 3.18. The molecule has 20 heavy (non-hydrogen) atoms. The van der Waals surface area contributed by atoms with Crippen LogP contribution in [0.15, 0.2) is 23.3 Å². The Balaban J connectivity index is 1.53.